The highest BCUT2D eigenvalue weighted by atomic mass is 32.1. The van der Waals surface area contributed by atoms with E-state index >= 15 is 0 Å². The zero-order chi connectivity index (χ0) is 11.4. The number of nitrogens with zero attached hydrogens (tertiary/aromatic N) is 2. The Bertz CT molecular complexity index is 483. The molecule has 5 nitrogen and oxygen atoms in total. The number of hydrogen-bond acceptors (Lipinski definition) is 5. The zero-order valence-corrected chi connectivity index (χ0v) is 9.20. The highest BCUT2D eigenvalue weighted by Gasteiger charge is 2.08. The molecule has 1 amide bonds. The fraction of sp³-hybridized carbons (Fsp3) is 0.100. The van der Waals surface area contributed by atoms with Crippen LogP contribution in [0.15, 0.2) is 30.7 Å². The van der Waals surface area contributed by atoms with Gasteiger partial charge in [0.05, 0.1) is 6.20 Å². The van der Waals surface area contributed by atoms with Gasteiger partial charge in [-0.3, -0.25) is 9.78 Å². The summed E-state index contributed by atoms with van der Waals surface area (Å²) in [6, 6.07) is 3.72. The number of rotatable bonds is 3. The maximum absolute atomic E-state index is 11.6. The molecule has 0 atom stereocenters. The quantitative estimate of drug-likeness (QED) is 0.831. The number of nitrogens with one attached hydrogen (secondary N) is 1. The van der Waals surface area contributed by atoms with Crippen molar-refractivity contribution in [2.75, 3.05) is 5.73 Å². The van der Waals surface area contributed by atoms with E-state index in [0.717, 1.165) is 5.56 Å². The Morgan fingerprint density at radius 2 is 2.38 bits per heavy atom. The van der Waals surface area contributed by atoms with E-state index in [0.29, 0.717) is 16.6 Å². The Hall–Kier alpha value is -1.95. The molecule has 0 aliphatic rings. The number of amides is 1. The molecule has 0 bridgehead atoms. The third-order valence-electron chi connectivity index (χ3n) is 1.92. The first-order chi connectivity index (χ1) is 7.75. The molecule has 82 valence electrons. The highest BCUT2D eigenvalue weighted by molar-refractivity contribution is 7.17. The second-order valence-electron chi connectivity index (χ2n) is 3.11. The zero-order valence-electron chi connectivity index (χ0n) is 8.38. The number of carbonyl (C=O) groups excluding carboxylic acids is 1. The van der Waals surface area contributed by atoms with E-state index in [9.17, 15) is 4.79 Å². The van der Waals surface area contributed by atoms with Crippen LogP contribution in [0.25, 0.3) is 0 Å². The lowest BCUT2D eigenvalue weighted by atomic mass is 10.3. The summed E-state index contributed by atoms with van der Waals surface area (Å²) in [5.41, 5.74) is 6.39. The van der Waals surface area contributed by atoms with Gasteiger partial charge in [-0.15, -0.1) is 0 Å². The van der Waals surface area contributed by atoms with E-state index in [2.05, 4.69) is 15.3 Å². The van der Waals surface area contributed by atoms with Crippen molar-refractivity contribution >= 4 is 22.4 Å². The monoisotopic (exact) mass is 234 g/mol. The third-order valence-corrected chi connectivity index (χ3v) is 2.75. The van der Waals surface area contributed by atoms with Gasteiger partial charge in [0.2, 0.25) is 0 Å². The number of nitrogens with two attached hydrogens (primary N) is 1. The second kappa shape index (κ2) is 4.71. The number of carbonyl (C=O) groups is 1. The number of thiazole rings is 1. The molecule has 0 spiro atoms. The Morgan fingerprint density at radius 1 is 1.50 bits per heavy atom. The Labute approximate surface area is 96.3 Å². The highest BCUT2D eigenvalue weighted by Crippen LogP contribution is 2.13. The summed E-state index contributed by atoms with van der Waals surface area (Å²) in [6.07, 6.45) is 4.87. The number of aromatic nitrogens is 2. The first-order valence-corrected chi connectivity index (χ1v) is 5.46. The van der Waals surface area contributed by atoms with Crippen molar-refractivity contribution in [3.63, 3.8) is 0 Å². The van der Waals surface area contributed by atoms with Gasteiger partial charge >= 0.3 is 0 Å². The first kappa shape index (κ1) is 10.6. The molecule has 0 fully saturated rings. The van der Waals surface area contributed by atoms with E-state index in [4.69, 9.17) is 5.73 Å². The van der Waals surface area contributed by atoms with Gasteiger partial charge in [0, 0.05) is 18.9 Å². The van der Waals surface area contributed by atoms with E-state index in [-0.39, 0.29) is 5.91 Å². The van der Waals surface area contributed by atoms with Crippen LogP contribution in [0.5, 0.6) is 0 Å². The van der Waals surface area contributed by atoms with Crippen LogP contribution < -0.4 is 11.1 Å². The molecule has 16 heavy (non-hydrogen) atoms. The van der Waals surface area contributed by atoms with Crippen LogP contribution in [-0.4, -0.2) is 15.9 Å². The third kappa shape index (κ3) is 2.54. The molecule has 0 unspecified atom stereocenters. The smallest absolute Gasteiger partial charge is 0.263 e. The molecule has 0 aliphatic heterocycles. The Morgan fingerprint density at radius 3 is 3.00 bits per heavy atom. The van der Waals surface area contributed by atoms with Crippen LogP contribution in [0, 0.1) is 0 Å². The topological polar surface area (TPSA) is 80.9 Å². The minimum Gasteiger partial charge on any atom is -0.375 e. The van der Waals surface area contributed by atoms with Crippen molar-refractivity contribution in [2.45, 2.75) is 6.54 Å². The van der Waals surface area contributed by atoms with Crippen LogP contribution in [0.3, 0.4) is 0 Å². The lowest BCUT2D eigenvalue weighted by Crippen LogP contribution is -2.21. The summed E-state index contributed by atoms with van der Waals surface area (Å²) in [4.78, 5) is 19.9. The fourth-order valence-electron chi connectivity index (χ4n) is 1.16. The number of anilines is 1. The average Bonchev–Trinajstić information content (AvgIpc) is 2.74. The molecule has 0 aromatic carbocycles. The van der Waals surface area contributed by atoms with Gasteiger partial charge in [0.25, 0.3) is 5.91 Å². The molecule has 0 aliphatic carbocycles. The van der Waals surface area contributed by atoms with E-state index in [1.54, 1.807) is 12.4 Å². The van der Waals surface area contributed by atoms with E-state index in [1.807, 2.05) is 12.1 Å². The molecule has 0 radical (unpaired) electrons. The normalized spacial score (nSPS) is 10.0. The maximum atomic E-state index is 11.6. The maximum Gasteiger partial charge on any atom is 0.263 e. The lowest BCUT2D eigenvalue weighted by molar-refractivity contribution is 0.0954. The van der Waals surface area contributed by atoms with Gasteiger partial charge in [-0.25, -0.2) is 4.98 Å². The molecule has 2 heterocycles. The van der Waals surface area contributed by atoms with Gasteiger partial charge in [0.1, 0.15) is 4.88 Å². The summed E-state index contributed by atoms with van der Waals surface area (Å²) in [5, 5.41) is 3.16. The van der Waals surface area contributed by atoms with Crippen molar-refractivity contribution in [1.29, 1.82) is 0 Å². The van der Waals surface area contributed by atoms with Crippen LogP contribution >= 0.6 is 11.3 Å². The molecular formula is C10H10N4OS. The molecular weight excluding hydrogens is 224 g/mol. The minimum atomic E-state index is -0.168. The largest absolute Gasteiger partial charge is 0.375 e. The Balaban J connectivity index is 1.94. The van der Waals surface area contributed by atoms with Crippen LogP contribution in [-0.2, 0) is 6.54 Å². The van der Waals surface area contributed by atoms with Gasteiger partial charge in [0.15, 0.2) is 5.13 Å². The molecule has 3 N–H and O–H groups in total. The molecule has 0 saturated heterocycles. The number of hydrogen-bond donors (Lipinski definition) is 2. The Kier molecular flexibility index (Phi) is 3.11. The number of pyridine rings is 1. The predicted molar refractivity (Wildman–Crippen MR) is 61.9 cm³/mol. The average molecular weight is 234 g/mol. The van der Waals surface area contributed by atoms with Crippen molar-refractivity contribution in [2.24, 2.45) is 0 Å². The van der Waals surface area contributed by atoms with Crippen LogP contribution in [0.4, 0.5) is 5.13 Å². The molecule has 2 aromatic rings. The van der Waals surface area contributed by atoms with Crippen LogP contribution in [0.2, 0.25) is 0 Å². The van der Waals surface area contributed by atoms with Gasteiger partial charge in [-0.1, -0.05) is 17.4 Å². The van der Waals surface area contributed by atoms with Crippen molar-refractivity contribution in [3.05, 3.63) is 41.2 Å². The summed E-state index contributed by atoms with van der Waals surface area (Å²) in [6.45, 7) is 0.449. The van der Waals surface area contributed by atoms with Crippen molar-refractivity contribution in [1.82, 2.24) is 15.3 Å². The molecule has 2 rings (SSSR count). The minimum absolute atomic E-state index is 0.168. The van der Waals surface area contributed by atoms with Gasteiger partial charge in [-0.05, 0) is 11.6 Å². The van der Waals surface area contributed by atoms with E-state index < -0.39 is 0 Å². The summed E-state index contributed by atoms with van der Waals surface area (Å²) >= 11 is 1.17. The fourth-order valence-corrected chi connectivity index (χ4v) is 1.77. The predicted octanol–water partition coefficient (Wildman–Crippen LogP) is 1.05. The van der Waals surface area contributed by atoms with Crippen LogP contribution in [0.1, 0.15) is 15.2 Å². The van der Waals surface area contributed by atoms with Gasteiger partial charge < -0.3 is 11.1 Å². The van der Waals surface area contributed by atoms with Crippen molar-refractivity contribution < 1.29 is 4.79 Å². The standard InChI is InChI=1S/C10H10N4OS/c11-10-14-6-8(16-10)9(15)13-5-7-2-1-3-12-4-7/h1-4,6H,5H2,(H2,11,14)(H,13,15). The SMILES string of the molecule is Nc1ncc(C(=O)NCc2cccnc2)s1. The lowest BCUT2D eigenvalue weighted by Gasteiger charge is -2.02. The summed E-state index contributed by atoms with van der Waals surface area (Å²) < 4.78 is 0. The summed E-state index contributed by atoms with van der Waals surface area (Å²) in [5.74, 6) is -0.168. The molecule has 2 aromatic heterocycles. The second-order valence-corrected chi connectivity index (χ2v) is 4.17. The molecule has 6 heteroatoms. The first-order valence-electron chi connectivity index (χ1n) is 4.64. The number of nitrogen functional groups attached to an aromatic ring is 1. The van der Waals surface area contributed by atoms with Gasteiger partial charge in [-0.2, -0.15) is 0 Å². The van der Waals surface area contributed by atoms with E-state index in [1.165, 1.54) is 17.5 Å². The molecule has 0 saturated carbocycles. The summed E-state index contributed by atoms with van der Waals surface area (Å²) in [7, 11) is 0. The van der Waals surface area contributed by atoms with Crippen molar-refractivity contribution in [3.8, 4) is 0 Å².